The molecule has 1 aromatic heterocycles. The smallest absolute Gasteiger partial charge is 0.490 e. The Labute approximate surface area is 239 Å². The minimum absolute atomic E-state index is 0.0349. The zero-order valence-corrected chi connectivity index (χ0v) is 23.8. The summed E-state index contributed by atoms with van der Waals surface area (Å²) in [5, 5.41) is 3.29. The summed E-state index contributed by atoms with van der Waals surface area (Å²) in [5.41, 5.74) is -4.74. The molecule has 2 heterocycles. The van der Waals surface area contributed by atoms with E-state index in [0.29, 0.717) is 31.1 Å². The minimum Gasteiger partial charge on any atom is -0.490 e. The molecule has 3 fully saturated rings. The molecule has 0 bridgehead atoms. The summed E-state index contributed by atoms with van der Waals surface area (Å²) in [4.78, 5) is 20.6. The summed E-state index contributed by atoms with van der Waals surface area (Å²) >= 11 is 0. The SMILES string of the molecule is O=C(CC1CCCC1)N1CCN(c2cc(O[C@H]3CC[C@H](Nc4ccc(S(=O)(=O)C(F)(F)F)cc4)CC3)ccn2)CC1. The largest absolute Gasteiger partial charge is 0.501 e. The van der Waals surface area contributed by atoms with E-state index in [9.17, 15) is 26.4 Å². The molecule has 1 amide bonds. The number of pyridine rings is 1. The number of anilines is 2. The number of sulfone groups is 1. The van der Waals surface area contributed by atoms with Gasteiger partial charge in [0.25, 0.3) is 9.84 Å². The number of hydrogen-bond acceptors (Lipinski definition) is 7. The van der Waals surface area contributed by atoms with Crippen LogP contribution < -0.4 is 15.0 Å². The molecule has 2 saturated carbocycles. The Hall–Kier alpha value is -3.02. The number of carbonyl (C=O) groups is 1. The van der Waals surface area contributed by atoms with Crippen LogP contribution in [-0.2, 0) is 14.6 Å². The van der Waals surface area contributed by atoms with Crippen LogP contribution in [0, 0.1) is 5.92 Å². The Morgan fingerprint density at radius 1 is 0.951 bits per heavy atom. The van der Waals surface area contributed by atoms with Crippen LogP contribution in [0.4, 0.5) is 24.7 Å². The maximum atomic E-state index is 12.8. The lowest BCUT2D eigenvalue weighted by Crippen LogP contribution is -2.49. The molecular weight excluding hydrogens is 557 g/mol. The van der Waals surface area contributed by atoms with E-state index in [0.717, 1.165) is 62.5 Å². The Kier molecular flexibility index (Phi) is 8.96. The highest BCUT2D eigenvalue weighted by Crippen LogP contribution is 2.32. The molecule has 2 aromatic rings. The van der Waals surface area contributed by atoms with Gasteiger partial charge >= 0.3 is 5.51 Å². The number of aromatic nitrogens is 1. The van der Waals surface area contributed by atoms with Crippen molar-refractivity contribution in [2.45, 2.75) is 80.3 Å². The molecule has 0 radical (unpaired) electrons. The number of nitrogens with zero attached hydrogens (tertiary/aromatic N) is 3. The van der Waals surface area contributed by atoms with Crippen LogP contribution in [0.1, 0.15) is 57.8 Å². The number of piperazine rings is 1. The van der Waals surface area contributed by atoms with Crippen molar-refractivity contribution in [2.24, 2.45) is 5.92 Å². The summed E-state index contributed by atoms with van der Waals surface area (Å²) < 4.78 is 67.7. The van der Waals surface area contributed by atoms with Gasteiger partial charge in [-0.1, -0.05) is 12.8 Å². The first-order valence-electron chi connectivity index (χ1n) is 14.4. The third-order valence-electron chi connectivity index (χ3n) is 8.43. The van der Waals surface area contributed by atoms with Gasteiger partial charge in [0.1, 0.15) is 11.6 Å². The fraction of sp³-hybridized carbons (Fsp3) is 0.586. The molecule has 224 valence electrons. The summed E-state index contributed by atoms with van der Waals surface area (Å²) in [6.45, 7) is 2.89. The lowest BCUT2D eigenvalue weighted by Gasteiger charge is -2.36. The topological polar surface area (TPSA) is 91.8 Å². The molecule has 5 rings (SSSR count). The number of alkyl halides is 3. The Morgan fingerprint density at radius 3 is 2.24 bits per heavy atom. The highest BCUT2D eigenvalue weighted by Gasteiger charge is 2.46. The van der Waals surface area contributed by atoms with Gasteiger partial charge in [0.05, 0.1) is 11.0 Å². The number of ether oxygens (including phenoxy) is 1. The summed E-state index contributed by atoms with van der Waals surface area (Å²) in [7, 11) is -5.35. The molecule has 1 aliphatic heterocycles. The van der Waals surface area contributed by atoms with E-state index in [1.165, 1.54) is 37.8 Å². The molecule has 0 atom stereocenters. The van der Waals surface area contributed by atoms with Gasteiger partial charge in [-0.05, 0) is 74.8 Å². The lowest BCUT2D eigenvalue weighted by atomic mass is 9.92. The number of nitrogens with one attached hydrogen (secondary N) is 1. The van der Waals surface area contributed by atoms with Gasteiger partial charge in [0.2, 0.25) is 5.91 Å². The van der Waals surface area contributed by atoms with E-state index >= 15 is 0 Å². The third kappa shape index (κ3) is 7.25. The molecule has 1 saturated heterocycles. The van der Waals surface area contributed by atoms with Gasteiger partial charge in [-0.25, -0.2) is 13.4 Å². The quantitative estimate of drug-likeness (QED) is 0.437. The van der Waals surface area contributed by atoms with E-state index < -0.39 is 20.2 Å². The third-order valence-corrected chi connectivity index (χ3v) is 9.93. The van der Waals surface area contributed by atoms with E-state index in [2.05, 4.69) is 15.2 Å². The maximum absolute atomic E-state index is 12.8. The van der Waals surface area contributed by atoms with Gasteiger partial charge < -0.3 is 19.9 Å². The average Bonchev–Trinajstić information content (AvgIpc) is 3.47. The van der Waals surface area contributed by atoms with Crippen molar-refractivity contribution in [3.63, 3.8) is 0 Å². The standard InChI is InChI=1S/C29H37F3N4O4S/c30-29(31,32)41(38,39)26-11-7-23(8-12-26)34-22-5-9-24(10-6-22)40-25-13-14-33-27(20-25)35-15-17-36(18-16-35)28(37)19-21-3-1-2-4-21/h7-8,11-14,20-22,24,34H,1-6,9-10,15-19H2/t22-,24-. The van der Waals surface area contributed by atoms with Gasteiger partial charge in [0, 0.05) is 56.6 Å². The molecule has 12 heteroatoms. The molecule has 41 heavy (non-hydrogen) atoms. The first-order chi connectivity index (χ1) is 19.6. The molecule has 0 unspecified atom stereocenters. The number of carbonyl (C=O) groups excluding carboxylic acids is 1. The second-order valence-corrected chi connectivity index (χ2v) is 13.2. The predicted molar refractivity (Wildman–Crippen MR) is 150 cm³/mol. The second kappa shape index (κ2) is 12.5. The number of amides is 1. The first kappa shape index (κ1) is 29.5. The fourth-order valence-electron chi connectivity index (χ4n) is 6.04. The molecular formula is C29H37F3N4O4S. The predicted octanol–water partition coefficient (Wildman–Crippen LogP) is 5.41. The molecule has 2 aliphatic carbocycles. The monoisotopic (exact) mass is 594 g/mol. The molecule has 1 aromatic carbocycles. The normalized spacial score (nSPS) is 22.5. The van der Waals surface area contributed by atoms with Crippen molar-refractivity contribution in [1.82, 2.24) is 9.88 Å². The number of halogens is 3. The van der Waals surface area contributed by atoms with E-state index in [1.54, 1.807) is 6.20 Å². The fourth-order valence-corrected chi connectivity index (χ4v) is 6.80. The van der Waals surface area contributed by atoms with Crippen LogP contribution in [-0.4, -0.2) is 68.0 Å². The number of rotatable bonds is 8. The second-order valence-electron chi connectivity index (χ2n) is 11.3. The van der Waals surface area contributed by atoms with Crippen molar-refractivity contribution < 1.29 is 31.1 Å². The number of hydrogen-bond donors (Lipinski definition) is 1. The summed E-state index contributed by atoms with van der Waals surface area (Å²) in [6, 6.07) is 8.61. The van der Waals surface area contributed by atoms with E-state index in [-0.39, 0.29) is 18.1 Å². The van der Waals surface area contributed by atoms with Crippen LogP contribution >= 0.6 is 0 Å². The molecule has 0 spiro atoms. The molecule has 1 N–H and O–H groups in total. The van der Waals surface area contributed by atoms with Gasteiger partial charge in [-0.3, -0.25) is 4.79 Å². The van der Waals surface area contributed by atoms with Crippen molar-refractivity contribution in [3.8, 4) is 5.75 Å². The van der Waals surface area contributed by atoms with Crippen LogP contribution in [0.5, 0.6) is 5.75 Å². The molecule has 3 aliphatic rings. The van der Waals surface area contributed by atoms with Crippen LogP contribution in [0.3, 0.4) is 0 Å². The maximum Gasteiger partial charge on any atom is 0.501 e. The zero-order chi connectivity index (χ0) is 29.0. The average molecular weight is 595 g/mol. The van der Waals surface area contributed by atoms with E-state index in [1.807, 2.05) is 17.0 Å². The van der Waals surface area contributed by atoms with Crippen LogP contribution in [0.2, 0.25) is 0 Å². The van der Waals surface area contributed by atoms with E-state index in [4.69, 9.17) is 4.74 Å². The minimum atomic E-state index is -5.35. The van der Waals surface area contributed by atoms with Crippen molar-refractivity contribution in [2.75, 3.05) is 36.4 Å². The first-order valence-corrected chi connectivity index (χ1v) is 15.9. The van der Waals surface area contributed by atoms with Crippen LogP contribution in [0.15, 0.2) is 47.5 Å². The van der Waals surface area contributed by atoms with Crippen LogP contribution in [0.25, 0.3) is 0 Å². The lowest BCUT2D eigenvalue weighted by molar-refractivity contribution is -0.132. The number of benzene rings is 1. The van der Waals surface area contributed by atoms with Gasteiger partial charge in [0.15, 0.2) is 0 Å². The Morgan fingerprint density at radius 2 is 1.61 bits per heavy atom. The van der Waals surface area contributed by atoms with Gasteiger partial charge in [-0.2, -0.15) is 13.2 Å². The highest BCUT2D eigenvalue weighted by atomic mass is 32.2. The Balaban J connectivity index is 1.07. The molecule has 8 nitrogen and oxygen atoms in total. The van der Waals surface area contributed by atoms with Crippen molar-refractivity contribution >= 4 is 27.2 Å². The zero-order valence-electron chi connectivity index (χ0n) is 23.0. The van der Waals surface area contributed by atoms with Crippen molar-refractivity contribution in [1.29, 1.82) is 0 Å². The van der Waals surface area contributed by atoms with Crippen molar-refractivity contribution in [3.05, 3.63) is 42.6 Å². The highest BCUT2D eigenvalue weighted by molar-refractivity contribution is 7.92. The summed E-state index contributed by atoms with van der Waals surface area (Å²) in [5.74, 6) is 2.43. The summed E-state index contributed by atoms with van der Waals surface area (Å²) in [6.07, 6.45) is 10.5. The Bertz CT molecular complexity index is 1280. The van der Waals surface area contributed by atoms with Gasteiger partial charge in [-0.15, -0.1) is 0 Å².